The van der Waals surface area contributed by atoms with Gasteiger partial charge in [0, 0.05) is 18.8 Å². The van der Waals surface area contributed by atoms with E-state index in [0.717, 1.165) is 19.0 Å². The lowest BCUT2D eigenvalue weighted by Crippen LogP contribution is -2.45. The number of piperidine rings is 1. The highest BCUT2D eigenvalue weighted by molar-refractivity contribution is 6.32. The van der Waals surface area contributed by atoms with E-state index in [-0.39, 0.29) is 12.0 Å². The fourth-order valence-electron chi connectivity index (χ4n) is 2.80. The Morgan fingerprint density at radius 1 is 1.42 bits per heavy atom. The Kier molecular flexibility index (Phi) is 6.87. The molecule has 24 heavy (non-hydrogen) atoms. The predicted molar refractivity (Wildman–Crippen MR) is 96.8 cm³/mol. The van der Waals surface area contributed by atoms with E-state index in [4.69, 9.17) is 16.3 Å². The average Bonchev–Trinajstić information content (AvgIpc) is 2.54. The smallest absolute Gasteiger partial charge is 0.252 e. The summed E-state index contributed by atoms with van der Waals surface area (Å²) in [6, 6.07) is 1.93. The van der Waals surface area contributed by atoms with Crippen LogP contribution in [0.4, 0.5) is 0 Å². The molecule has 2 heterocycles. The van der Waals surface area contributed by atoms with Crippen molar-refractivity contribution in [3.8, 4) is 5.88 Å². The SMILES string of the molecule is CC1CCN(C(C)CNC(=O)c2cnc(OC(C)C)c(Cl)c2)CC1. The third kappa shape index (κ3) is 5.35. The molecule has 1 aliphatic heterocycles. The molecule has 6 heteroatoms. The zero-order chi connectivity index (χ0) is 17.7. The molecule has 0 radical (unpaired) electrons. The van der Waals surface area contributed by atoms with Crippen LogP contribution < -0.4 is 10.1 Å². The molecule has 1 saturated heterocycles. The molecule has 134 valence electrons. The molecular weight excluding hydrogens is 326 g/mol. The lowest BCUT2D eigenvalue weighted by atomic mass is 9.98. The number of ether oxygens (including phenoxy) is 1. The van der Waals surface area contributed by atoms with Gasteiger partial charge in [-0.05, 0) is 58.7 Å². The maximum Gasteiger partial charge on any atom is 0.252 e. The first-order valence-corrected chi connectivity index (χ1v) is 9.09. The summed E-state index contributed by atoms with van der Waals surface area (Å²) in [6.07, 6.45) is 3.96. The number of nitrogens with one attached hydrogen (secondary N) is 1. The lowest BCUT2D eigenvalue weighted by molar-refractivity contribution is 0.0921. The van der Waals surface area contributed by atoms with Gasteiger partial charge in [0.2, 0.25) is 5.88 Å². The summed E-state index contributed by atoms with van der Waals surface area (Å²) >= 11 is 6.14. The molecule has 0 bridgehead atoms. The largest absolute Gasteiger partial charge is 0.474 e. The van der Waals surface area contributed by atoms with E-state index in [1.54, 1.807) is 6.07 Å². The topological polar surface area (TPSA) is 54.5 Å². The summed E-state index contributed by atoms with van der Waals surface area (Å²) in [5.41, 5.74) is 0.454. The van der Waals surface area contributed by atoms with Crippen molar-refractivity contribution in [2.75, 3.05) is 19.6 Å². The van der Waals surface area contributed by atoms with E-state index in [9.17, 15) is 4.79 Å². The maximum atomic E-state index is 12.3. The molecule has 5 nitrogen and oxygen atoms in total. The van der Waals surface area contributed by atoms with Crippen molar-refractivity contribution in [2.45, 2.75) is 52.7 Å². The quantitative estimate of drug-likeness (QED) is 0.851. The molecule has 1 atom stereocenters. The Bertz CT molecular complexity index is 557. The molecule has 1 N–H and O–H groups in total. The summed E-state index contributed by atoms with van der Waals surface area (Å²) in [5, 5.41) is 3.33. The minimum atomic E-state index is -0.155. The normalized spacial score (nSPS) is 17.8. The van der Waals surface area contributed by atoms with E-state index in [2.05, 4.69) is 29.0 Å². The first-order chi connectivity index (χ1) is 11.4. The molecule has 1 aromatic heterocycles. The molecular formula is C18H28ClN3O2. The number of hydrogen-bond acceptors (Lipinski definition) is 4. The van der Waals surface area contributed by atoms with Crippen LogP contribution in [0.5, 0.6) is 5.88 Å². The van der Waals surface area contributed by atoms with Crippen molar-refractivity contribution in [1.82, 2.24) is 15.2 Å². The number of carbonyl (C=O) groups is 1. The highest BCUT2D eigenvalue weighted by Gasteiger charge is 2.21. The first-order valence-electron chi connectivity index (χ1n) is 8.71. The van der Waals surface area contributed by atoms with Crippen molar-refractivity contribution in [1.29, 1.82) is 0 Å². The van der Waals surface area contributed by atoms with Gasteiger partial charge in [-0.3, -0.25) is 9.69 Å². The highest BCUT2D eigenvalue weighted by Crippen LogP contribution is 2.23. The van der Waals surface area contributed by atoms with Gasteiger partial charge in [-0.25, -0.2) is 4.98 Å². The third-order valence-corrected chi connectivity index (χ3v) is 4.69. The van der Waals surface area contributed by atoms with Crippen LogP contribution in [-0.2, 0) is 0 Å². The minimum Gasteiger partial charge on any atom is -0.474 e. The number of hydrogen-bond donors (Lipinski definition) is 1. The average molecular weight is 354 g/mol. The van der Waals surface area contributed by atoms with Crippen molar-refractivity contribution < 1.29 is 9.53 Å². The Morgan fingerprint density at radius 3 is 2.67 bits per heavy atom. The number of nitrogens with zero attached hydrogens (tertiary/aromatic N) is 2. The van der Waals surface area contributed by atoms with E-state index < -0.39 is 0 Å². The van der Waals surface area contributed by atoms with Gasteiger partial charge in [0.25, 0.3) is 5.91 Å². The van der Waals surface area contributed by atoms with E-state index in [1.807, 2.05) is 13.8 Å². The summed E-state index contributed by atoms with van der Waals surface area (Å²) in [6.45, 7) is 11.1. The van der Waals surface area contributed by atoms with Crippen molar-refractivity contribution in [2.24, 2.45) is 5.92 Å². The maximum absolute atomic E-state index is 12.3. The Hall–Kier alpha value is -1.33. The van der Waals surface area contributed by atoms with Crippen LogP contribution in [0.1, 0.15) is 50.9 Å². The number of likely N-dealkylation sites (tertiary alicyclic amines) is 1. The summed E-state index contributed by atoms with van der Waals surface area (Å²) in [5.74, 6) is 1.01. The van der Waals surface area contributed by atoms with Crippen molar-refractivity contribution >= 4 is 17.5 Å². The van der Waals surface area contributed by atoms with Crippen molar-refractivity contribution in [3.63, 3.8) is 0 Å². The molecule has 0 spiro atoms. The second-order valence-electron chi connectivity index (χ2n) is 6.96. The van der Waals surface area contributed by atoms with Crippen LogP contribution in [0, 0.1) is 5.92 Å². The molecule has 0 aromatic carbocycles. The van der Waals surface area contributed by atoms with Gasteiger partial charge in [0.05, 0.1) is 11.7 Å². The Morgan fingerprint density at radius 2 is 2.08 bits per heavy atom. The molecule has 2 rings (SSSR count). The fourth-order valence-corrected chi connectivity index (χ4v) is 3.01. The summed E-state index contributed by atoms with van der Waals surface area (Å²) in [7, 11) is 0. The highest BCUT2D eigenvalue weighted by atomic mass is 35.5. The van der Waals surface area contributed by atoms with Gasteiger partial charge in [0.1, 0.15) is 5.02 Å². The van der Waals surface area contributed by atoms with Crippen LogP contribution in [0.15, 0.2) is 12.3 Å². The van der Waals surface area contributed by atoms with Gasteiger partial charge in [-0.2, -0.15) is 0 Å². The molecule has 1 fully saturated rings. The Labute approximate surface area is 149 Å². The monoisotopic (exact) mass is 353 g/mol. The molecule has 0 aliphatic carbocycles. The number of carbonyl (C=O) groups excluding carboxylic acids is 1. The number of aromatic nitrogens is 1. The van der Waals surface area contributed by atoms with Gasteiger partial charge in [0.15, 0.2) is 0 Å². The van der Waals surface area contributed by atoms with Gasteiger partial charge >= 0.3 is 0 Å². The predicted octanol–water partition coefficient (Wildman–Crippen LogP) is 3.37. The molecule has 1 amide bonds. The minimum absolute atomic E-state index is 0.0113. The second-order valence-corrected chi connectivity index (χ2v) is 7.36. The third-order valence-electron chi connectivity index (χ3n) is 4.42. The molecule has 1 unspecified atom stereocenters. The number of rotatable bonds is 6. The number of halogens is 1. The van der Waals surface area contributed by atoms with Crippen LogP contribution in [0.25, 0.3) is 0 Å². The standard InChI is InChI=1S/C18H28ClN3O2/c1-12(2)24-18-16(19)9-15(11-21-18)17(23)20-10-14(4)22-7-5-13(3)6-8-22/h9,11-14H,5-8,10H2,1-4H3,(H,20,23). The van der Waals surface area contributed by atoms with Crippen LogP contribution in [-0.4, -0.2) is 47.6 Å². The van der Waals surface area contributed by atoms with Crippen LogP contribution >= 0.6 is 11.6 Å². The lowest BCUT2D eigenvalue weighted by Gasteiger charge is -2.35. The number of amides is 1. The summed E-state index contributed by atoms with van der Waals surface area (Å²) in [4.78, 5) is 18.9. The molecule has 1 aromatic rings. The van der Waals surface area contributed by atoms with Gasteiger partial charge < -0.3 is 10.1 Å². The molecule has 0 saturated carbocycles. The second kappa shape index (κ2) is 8.67. The van der Waals surface area contributed by atoms with E-state index in [1.165, 1.54) is 19.0 Å². The summed E-state index contributed by atoms with van der Waals surface area (Å²) < 4.78 is 5.48. The van der Waals surface area contributed by atoms with Crippen molar-refractivity contribution in [3.05, 3.63) is 22.8 Å². The zero-order valence-corrected chi connectivity index (χ0v) is 15.8. The van der Waals surface area contributed by atoms with Crippen LogP contribution in [0.2, 0.25) is 5.02 Å². The van der Waals surface area contributed by atoms with Gasteiger partial charge in [-0.1, -0.05) is 18.5 Å². The van der Waals surface area contributed by atoms with E-state index >= 15 is 0 Å². The van der Waals surface area contributed by atoms with E-state index in [0.29, 0.717) is 29.1 Å². The van der Waals surface area contributed by atoms with Gasteiger partial charge in [-0.15, -0.1) is 0 Å². The Balaban J connectivity index is 1.87. The zero-order valence-electron chi connectivity index (χ0n) is 15.0. The fraction of sp³-hybridized carbons (Fsp3) is 0.667. The number of pyridine rings is 1. The van der Waals surface area contributed by atoms with Crippen LogP contribution in [0.3, 0.4) is 0 Å². The first kappa shape index (κ1) is 19.0. The molecule has 1 aliphatic rings.